The molecular formula is C17H16ClF3N2OS. The predicted octanol–water partition coefficient (Wildman–Crippen LogP) is 4.70. The number of carbonyl (C=O) groups excluding carboxylic acids is 1. The number of nitrogens with two attached hydrogens (primary N) is 1. The van der Waals surface area contributed by atoms with Crippen LogP contribution in [0.4, 0.5) is 18.9 Å². The van der Waals surface area contributed by atoms with Gasteiger partial charge in [0.1, 0.15) is 0 Å². The smallest absolute Gasteiger partial charge is 0.255 e. The highest BCUT2D eigenvalue weighted by atomic mass is 35.5. The molecule has 3 nitrogen and oxygen atoms in total. The number of hydrogen-bond acceptors (Lipinski definition) is 3. The summed E-state index contributed by atoms with van der Waals surface area (Å²) < 4.78 is 39.4. The summed E-state index contributed by atoms with van der Waals surface area (Å²) in [6.45, 7) is 2.53. The van der Waals surface area contributed by atoms with Crippen molar-refractivity contribution >= 4 is 35.0 Å². The van der Waals surface area contributed by atoms with Gasteiger partial charge in [0.2, 0.25) is 0 Å². The summed E-state index contributed by atoms with van der Waals surface area (Å²) in [5.74, 6) is -3.91. The highest BCUT2D eigenvalue weighted by Crippen LogP contribution is 2.30. The molecule has 0 aliphatic rings. The largest absolute Gasteiger partial charge is 0.330 e. The van der Waals surface area contributed by atoms with Crippen molar-refractivity contribution in [2.24, 2.45) is 11.7 Å². The Kier molecular flexibility index (Phi) is 6.75. The summed E-state index contributed by atoms with van der Waals surface area (Å²) in [4.78, 5) is 13.0. The second-order valence-corrected chi connectivity index (χ2v) is 6.97. The Morgan fingerprint density at radius 1 is 1.24 bits per heavy atom. The summed E-state index contributed by atoms with van der Waals surface area (Å²) >= 11 is 7.59. The molecule has 1 atom stereocenters. The van der Waals surface area contributed by atoms with E-state index in [2.05, 4.69) is 5.32 Å². The van der Waals surface area contributed by atoms with Crippen molar-refractivity contribution in [3.05, 3.63) is 58.4 Å². The topological polar surface area (TPSA) is 55.1 Å². The van der Waals surface area contributed by atoms with E-state index in [9.17, 15) is 18.0 Å². The van der Waals surface area contributed by atoms with Crippen molar-refractivity contribution < 1.29 is 18.0 Å². The third-order valence-electron chi connectivity index (χ3n) is 3.36. The molecule has 3 N–H and O–H groups in total. The Bertz CT molecular complexity index is 765. The fourth-order valence-electron chi connectivity index (χ4n) is 1.89. The first-order valence-corrected chi connectivity index (χ1v) is 8.76. The first kappa shape index (κ1) is 19.6. The van der Waals surface area contributed by atoms with Crippen LogP contribution < -0.4 is 11.1 Å². The standard InChI is InChI=1S/C17H16ClF3N2OS/c1-9(7-22)8-25-15-4-10(2-3-12(15)18)17(24)23-11-5-13(19)16(21)14(20)6-11/h2-6,9H,7-8,22H2,1H3,(H,23,24). The van der Waals surface area contributed by atoms with E-state index in [1.54, 1.807) is 12.1 Å². The average Bonchev–Trinajstić information content (AvgIpc) is 2.58. The molecule has 2 aromatic rings. The van der Waals surface area contributed by atoms with Gasteiger partial charge >= 0.3 is 0 Å². The molecule has 0 aromatic heterocycles. The fraction of sp³-hybridized carbons (Fsp3) is 0.235. The Balaban J connectivity index is 2.16. The number of anilines is 1. The monoisotopic (exact) mass is 388 g/mol. The maximum Gasteiger partial charge on any atom is 0.255 e. The van der Waals surface area contributed by atoms with Crippen LogP contribution in [0.2, 0.25) is 5.02 Å². The Hall–Kier alpha value is -1.70. The zero-order valence-corrected chi connectivity index (χ0v) is 14.9. The number of benzene rings is 2. The van der Waals surface area contributed by atoms with Crippen LogP contribution in [0.25, 0.3) is 0 Å². The molecule has 0 fully saturated rings. The van der Waals surface area contributed by atoms with E-state index in [0.717, 1.165) is 5.75 Å². The van der Waals surface area contributed by atoms with Gasteiger partial charge in [0, 0.05) is 34.0 Å². The lowest BCUT2D eigenvalue weighted by Gasteiger charge is -2.11. The van der Waals surface area contributed by atoms with Crippen LogP contribution in [-0.4, -0.2) is 18.2 Å². The van der Waals surface area contributed by atoms with Crippen LogP contribution in [0.1, 0.15) is 17.3 Å². The van der Waals surface area contributed by atoms with E-state index in [4.69, 9.17) is 17.3 Å². The Morgan fingerprint density at radius 3 is 2.48 bits per heavy atom. The lowest BCUT2D eigenvalue weighted by molar-refractivity contribution is 0.102. The molecule has 2 rings (SSSR count). The molecule has 0 radical (unpaired) electrons. The summed E-state index contributed by atoms with van der Waals surface area (Å²) in [5, 5.41) is 2.82. The SMILES string of the molecule is CC(CN)CSc1cc(C(=O)Nc2cc(F)c(F)c(F)c2)ccc1Cl. The summed E-state index contributed by atoms with van der Waals surface area (Å²) in [5.41, 5.74) is 5.66. The number of rotatable bonds is 6. The molecule has 0 aliphatic carbocycles. The lowest BCUT2D eigenvalue weighted by atomic mass is 10.2. The predicted molar refractivity (Wildman–Crippen MR) is 94.7 cm³/mol. The third-order valence-corrected chi connectivity index (χ3v) is 5.19. The van der Waals surface area contributed by atoms with Crippen LogP contribution >= 0.6 is 23.4 Å². The van der Waals surface area contributed by atoms with Gasteiger partial charge in [0.25, 0.3) is 5.91 Å². The second kappa shape index (κ2) is 8.60. The van der Waals surface area contributed by atoms with Gasteiger partial charge < -0.3 is 11.1 Å². The number of halogens is 4. The van der Waals surface area contributed by atoms with Crippen LogP contribution in [0.15, 0.2) is 35.2 Å². The number of nitrogens with one attached hydrogen (secondary N) is 1. The van der Waals surface area contributed by atoms with Gasteiger partial charge in [-0.15, -0.1) is 11.8 Å². The maximum atomic E-state index is 13.2. The van der Waals surface area contributed by atoms with Gasteiger partial charge in [0.15, 0.2) is 17.5 Å². The number of carbonyl (C=O) groups is 1. The summed E-state index contributed by atoms with van der Waals surface area (Å²) in [7, 11) is 0. The van der Waals surface area contributed by atoms with Crippen molar-refractivity contribution in [1.29, 1.82) is 0 Å². The minimum atomic E-state index is -1.59. The van der Waals surface area contributed by atoms with E-state index >= 15 is 0 Å². The third kappa shape index (κ3) is 5.14. The van der Waals surface area contributed by atoms with Crippen molar-refractivity contribution in [2.75, 3.05) is 17.6 Å². The first-order chi connectivity index (χ1) is 11.8. The van der Waals surface area contributed by atoms with Gasteiger partial charge in [-0.2, -0.15) is 0 Å². The highest BCUT2D eigenvalue weighted by Gasteiger charge is 2.14. The van der Waals surface area contributed by atoms with Crippen LogP contribution in [0.3, 0.4) is 0 Å². The minimum Gasteiger partial charge on any atom is -0.330 e. The summed E-state index contributed by atoms with van der Waals surface area (Å²) in [6.07, 6.45) is 0. The van der Waals surface area contributed by atoms with Gasteiger partial charge in [-0.1, -0.05) is 18.5 Å². The van der Waals surface area contributed by atoms with E-state index < -0.39 is 23.4 Å². The van der Waals surface area contributed by atoms with Gasteiger partial charge in [0.05, 0.1) is 5.02 Å². The molecule has 0 bridgehead atoms. The molecule has 2 aromatic carbocycles. The molecule has 0 aliphatic heterocycles. The molecule has 0 spiro atoms. The normalized spacial score (nSPS) is 12.1. The number of hydrogen-bond donors (Lipinski definition) is 2. The molecule has 8 heteroatoms. The first-order valence-electron chi connectivity index (χ1n) is 7.40. The van der Waals surface area contributed by atoms with E-state index in [1.165, 1.54) is 17.8 Å². The second-order valence-electron chi connectivity index (χ2n) is 5.51. The average molecular weight is 389 g/mol. The molecule has 1 amide bonds. The van der Waals surface area contributed by atoms with Crippen LogP contribution in [0, 0.1) is 23.4 Å². The lowest BCUT2D eigenvalue weighted by Crippen LogP contribution is -2.13. The maximum absolute atomic E-state index is 13.2. The van der Waals surface area contributed by atoms with Crippen molar-refractivity contribution in [3.8, 4) is 0 Å². The Labute approximate surface area is 152 Å². The van der Waals surface area contributed by atoms with Crippen molar-refractivity contribution in [3.63, 3.8) is 0 Å². The summed E-state index contributed by atoms with van der Waals surface area (Å²) in [6, 6.07) is 6.07. The minimum absolute atomic E-state index is 0.178. The molecule has 0 saturated carbocycles. The molecule has 0 heterocycles. The molecular weight excluding hydrogens is 373 g/mol. The van der Waals surface area contributed by atoms with Gasteiger partial charge in [-0.3, -0.25) is 4.79 Å². The quantitative estimate of drug-likeness (QED) is 0.557. The van der Waals surface area contributed by atoms with Crippen LogP contribution in [0.5, 0.6) is 0 Å². The van der Waals surface area contributed by atoms with Crippen LogP contribution in [-0.2, 0) is 0 Å². The van der Waals surface area contributed by atoms with E-state index in [0.29, 0.717) is 28.6 Å². The van der Waals surface area contributed by atoms with Gasteiger partial charge in [-0.05, 0) is 30.7 Å². The number of thioether (sulfide) groups is 1. The fourth-order valence-corrected chi connectivity index (χ4v) is 3.18. The molecule has 25 heavy (non-hydrogen) atoms. The number of amides is 1. The van der Waals surface area contributed by atoms with Gasteiger partial charge in [-0.25, -0.2) is 13.2 Å². The van der Waals surface area contributed by atoms with E-state index in [1.807, 2.05) is 6.92 Å². The molecule has 134 valence electrons. The molecule has 0 saturated heterocycles. The zero-order chi connectivity index (χ0) is 18.6. The van der Waals surface area contributed by atoms with Crippen molar-refractivity contribution in [1.82, 2.24) is 0 Å². The van der Waals surface area contributed by atoms with E-state index in [-0.39, 0.29) is 17.2 Å². The zero-order valence-electron chi connectivity index (χ0n) is 13.3. The molecule has 1 unspecified atom stereocenters. The Morgan fingerprint density at radius 2 is 1.88 bits per heavy atom. The highest BCUT2D eigenvalue weighted by molar-refractivity contribution is 7.99. The van der Waals surface area contributed by atoms with Crippen molar-refractivity contribution in [2.45, 2.75) is 11.8 Å².